The maximum Gasteiger partial charge on any atom is 0.482 e. The second-order valence-corrected chi connectivity index (χ2v) is 11.5. The molecule has 0 fully saturated rings. The highest BCUT2D eigenvalue weighted by molar-refractivity contribution is 7.48. The summed E-state index contributed by atoms with van der Waals surface area (Å²) in [6, 6.07) is 7.80. The van der Waals surface area contributed by atoms with E-state index in [0.717, 1.165) is 29.4 Å². The van der Waals surface area contributed by atoms with E-state index in [1.165, 1.54) is 0 Å². The lowest BCUT2D eigenvalue weighted by molar-refractivity contribution is -0.418. The van der Waals surface area contributed by atoms with Crippen LogP contribution in [0.25, 0.3) is 10.9 Å². The van der Waals surface area contributed by atoms with Crippen molar-refractivity contribution in [2.45, 2.75) is 26.0 Å². The average molecular weight is 588 g/mol. The molecule has 1 aromatic heterocycles. The molecule has 220 valence electrons. The number of carbonyl (C=O) groups excluding carboxylic acids is 2. The molecule has 4 rings (SSSR count). The number of carbonyl (C=O) groups is 2. The van der Waals surface area contributed by atoms with Crippen LogP contribution in [0.5, 0.6) is 0 Å². The number of phosphoric acid groups is 1. The number of nitrogens with zero attached hydrogens (tertiary/aromatic N) is 4. The standard InChI is InChI=1S/C28H36N4O8P/c1-29(2)16-13-22-18-32(25-11-6-5-10-24(22)25)19-38-41(35,40-21-37-28(34)26-12-8-15-31(26)4)39-20-36-27(33)23-9-7-14-30(3)17-23/h5-8,10-11,14-15,17-18H,9,12-13,16,19-21H2,1-4H3/q+1. The molecule has 0 saturated heterocycles. The number of ether oxygens (including phenoxy) is 2. The van der Waals surface area contributed by atoms with Gasteiger partial charge in [0.1, 0.15) is 13.8 Å². The van der Waals surface area contributed by atoms with Gasteiger partial charge in [-0.3, -0.25) is 4.52 Å². The quantitative estimate of drug-likeness (QED) is 0.141. The zero-order chi connectivity index (χ0) is 29.4. The minimum absolute atomic E-state index is 0.188. The van der Waals surface area contributed by atoms with Gasteiger partial charge in [-0.1, -0.05) is 24.3 Å². The van der Waals surface area contributed by atoms with Crippen LogP contribution in [0.2, 0.25) is 0 Å². The first-order valence-corrected chi connectivity index (χ1v) is 14.6. The molecular formula is C28H36N4O8P+. The van der Waals surface area contributed by atoms with E-state index in [4.69, 9.17) is 23.0 Å². The van der Waals surface area contributed by atoms with Gasteiger partial charge in [-0.05, 0) is 44.4 Å². The summed E-state index contributed by atoms with van der Waals surface area (Å²) in [4.78, 5) is 28.7. The number of rotatable bonds is 14. The molecule has 0 amide bonds. The Morgan fingerprint density at radius 2 is 1.76 bits per heavy atom. The lowest BCUT2D eigenvalue weighted by Crippen LogP contribution is -2.23. The second-order valence-electron chi connectivity index (χ2n) is 9.81. The largest absolute Gasteiger partial charge is 0.482 e. The zero-order valence-corrected chi connectivity index (χ0v) is 24.6. The molecule has 2 aromatic rings. The van der Waals surface area contributed by atoms with Crippen LogP contribution in [0, 0.1) is 0 Å². The third kappa shape index (κ3) is 8.25. The summed E-state index contributed by atoms with van der Waals surface area (Å²) >= 11 is 0. The fourth-order valence-electron chi connectivity index (χ4n) is 4.29. The van der Waals surface area contributed by atoms with Gasteiger partial charge < -0.3 is 23.8 Å². The van der Waals surface area contributed by atoms with Gasteiger partial charge in [0.25, 0.3) is 5.71 Å². The van der Waals surface area contributed by atoms with Crippen LogP contribution in [-0.2, 0) is 50.4 Å². The van der Waals surface area contributed by atoms with Crippen LogP contribution < -0.4 is 0 Å². The number of fused-ring (bicyclic) bond motifs is 1. The van der Waals surface area contributed by atoms with E-state index in [1.807, 2.05) is 62.9 Å². The van der Waals surface area contributed by atoms with Crippen LogP contribution in [0.15, 0.2) is 66.8 Å². The molecule has 1 aromatic carbocycles. The van der Waals surface area contributed by atoms with Crippen molar-refractivity contribution >= 4 is 36.4 Å². The highest BCUT2D eigenvalue weighted by Gasteiger charge is 2.31. The fourth-order valence-corrected chi connectivity index (χ4v) is 5.14. The minimum Gasteiger partial charge on any atom is -0.434 e. The van der Waals surface area contributed by atoms with E-state index < -0.39 is 33.3 Å². The summed E-state index contributed by atoms with van der Waals surface area (Å²) in [7, 11) is 3.15. The molecule has 41 heavy (non-hydrogen) atoms. The summed E-state index contributed by atoms with van der Waals surface area (Å²) in [6.45, 7) is -0.726. The van der Waals surface area contributed by atoms with Gasteiger partial charge in [-0.2, -0.15) is 4.58 Å². The van der Waals surface area contributed by atoms with E-state index in [1.54, 1.807) is 40.5 Å². The molecular weight excluding hydrogens is 551 g/mol. The van der Waals surface area contributed by atoms with E-state index in [0.29, 0.717) is 24.1 Å². The molecule has 0 N–H and O–H groups in total. The Morgan fingerprint density at radius 1 is 1.02 bits per heavy atom. The van der Waals surface area contributed by atoms with Crippen molar-refractivity contribution in [3.63, 3.8) is 0 Å². The van der Waals surface area contributed by atoms with Crippen LogP contribution >= 0.6 is 7.82 Å². The molecule has 13 heteroatoms. The summed E-state index contributed by atoms with van der Waals surface area (Å²) in [5.41, 5.74) is 2.78. The number of likely N-dealkylation sites (N-methyl/N-ethyl adjacent to an activating group) is 1. The number of para-hydroxylation sites is 1. The molecule has 1 atom stereocenters. The highest BCUT2D eigenvalue weighted by Crippen LogP contribution is 2.50. The average Bonchev–Trinajstić information content (AvgIpc) is 3.54. The smallest absolute Gasteiger partial charge is 0.434 e. The zero-order valence-electron chi connectivity index (χ0n) is 23.7. The predicted octanol–water partition coefficient (Wildman–Crippen LogP) is 3.60. The molecule has 0 aliphatic carbocycles. The summed E-state index contributed by atoms with van der Waals surface area (Å²) in [5.74, 6) is -1.26. The SMILES string of the molecule is CN1C=CCC(C(=O)OCOP(=O)(OCOC(=O)C2=[N+](C)C=CC2)OCn2cc(CCN(C)C)c3ccccc32)=C1. The second kappa shape index (κ2) is 13.9. The molecule has 2 aliphatic heterocycles. The van der Waals surface area contributed by atoms with Crippen LogP contribution in [0.1, 0.15) is 18.4 Å². The number of esters is 2. The lowest BCUT2D eigenvalue weighted by atomic mass is 10.1. The van der Waals surface area contributed by atoms with Gasteiger partial charge in [0.05, 0.1) is 17.5 Å². The van der Waals surface area contributed by atoms with Gasteiger partial charge >= 0.3 is 19.8 Å². The van der Waals surface area contributed by atoms with Crippen molar-refractivity contribution in [2.24, 2.45) is 0 Å². The predicted molar refractivity (Wildman–Crippen MR) is 152 cm³/mol. The first kappa shape index (κ1) is 30.4. The van der Waals surface area contributed by atoms with Crippen molar-refractivity contribution in [1.82, 2.24) is 14.4 Å². The minimum atomic E-state index is -4.36. The van der Waals surface area contributed by atoms with Crippen molar-refractivity contribution in [2.75, 3.05) is 48.3 Å². The van der Waals surface area contributed by atoms with Gasteiger partial charge in [0.15, 0.2) is 6.20 Å². The van der Waals surface area contributed by atoms with Gasteiger partial charge in [0, 0.05) is 37.8 Å². The number of aromatic nitrogens is 1. The monoisotopic (exact) mass is 587 g/mol. The maximum absolute atomic E-state index is 13.6. The van der Waals surface area contributed by atoms with E-state index in [9.17, 15) is 14.2 Å². The van der Waals surface area contributed by atoms with Gasteiger partial charge in [-0.15, -0.1) is 0 Å². The Morgan fingerprint density at radius 3 is 2.44 bits per heavy atom. The Bertz CT molecular complexity index is 1440. The summed E-state index contributed by atoms with van der Waals surface area (Å²) in [6.07, 6.45) is 12.4. The fraction of sp³-hybridized carbons (Fsp3) is 0.393. The molecule has 0 bridgehead atoms. The Kier molecular flexibility index (Phi) is 10.3. The lowest BCUT2D eigenvalue weighted by Gasteiger charge is -2.19. The first-order chi connectivity index (χ1) is 19.6. The molecule has 3 heterocycles. The number of hydrogen-bond acceptors (Lipinski definition) is 10. The van der Waals surface area contributed by atoms with Crippen molar-refractivity contribution in [3.05, 3.63) is 72.4 Å². The van der Waals surface area contributed by atoms with Crippen molar-refractivity contribution < 1.29 is 41.8 Å². The van der Waals surface area contributed by atoms with Gasteiger partial charge in [-0.25, -0.2) is 23.2 Å². The number of hydrogen-bond donors (Lipinski definition) is 0. The molecule has 0 spiro atoms. The first-order valence-electron chi connectivity index (χ1n) is 13.1. The topological polar surface area (TPSA) is 112 Å². The van der Waals surface area contributed by atoms with Gasteiger partial charge in [0.2, 0.25) is 13.6 Å². The molecule has 2 aliphatic rings. The van der Waals surface area contributed by atoms with E-state index in [-0.39, 0.29) is 6.73 Å². The third-order valence-electron chi connectivity index (χ3n) is 6.46. The maximum atomic E-state index is 13.6. The normalized spacial score (nSPS) is 16.4. The van der Waals surface area contributed by atoms with Crippen LogP contribution in [0.3, 0.4) is 0 Å². The van der Waals surface area contributed by atoms with E-state index in [2.05, 4.69) is 4.90 Å². The molecule has 0 saturated carbocycles. The Balaban J connectivity index is 1.43. The number of phosphoric ester groups is 1. The van der Waals surface area contributed by atoms with Crippen LogP contribution in [0.4, 0.5) is 0 Å². The highest BCUT2D eigenvalue weighted by atomic mass is 31.2. The molecule has 0 radical (unpaired) electrons. The summed E-state index contributed by atoms with van der Waals surface area (Å²) < 4.78 is 43.7. The third-order valence-corrected chi connectivity index (χ3v) is 7.73. The Labute approximate surface area is 239 Å². The Hall–Kier alpha value is -3.54. The summed E-state index contributed by atoms with van der Waals surface area (Å²) in [5, 5.41) is 1.04. The number of benzene rings is 1. The number of allylic oxidation sites excluding steroid dienone is 2. The molecule has 12 nitrogen and oxygen atoms in total. The van der Waals surface area contributed by atoms with E-state index >= 15 is 0 Å². The van der Waals surface area contributed by atoms with Crippen molar-refractivity contribution in [1.29, 1.82) is 0 Å². The van der Waals surface area contributed by atoms with Crippen molar-refractivity contribution in [3.8, 4) is 0 Å². The molecule has 1 unspecified atom stereocenters. The van der Waals surface area contributed by atoms with Crippen LogP contribution in [-0.4, -0.2) is 84.9 Å².